The van der Waals surface area contributed by atoms with Crippen LogP contribution in [0.5, 0.6) is 0 Å². The molecule has 0 heterocycles. The van der Waals surface area contributed by atoms with Crippen LogP contribution in [0, 0.1) is 19.8 Å². The quantitative estimate of drug-likeness (QED) is 0.555. The summed E-state index contributed by atoms with van der Waals surface area (Å²) in [5, 5.41) is 0. The van der Waals surface area contributed by atoms with Gasteiger partial charge in [-0.25, -0.2) is 0 Å². The number of rotatable bonds is 2. The van der Waals surface area contributed by atoms with E-state index in [1.54, 1.807) is 0 Å². The van der Waals surface area contributed by atoms with E-state index in [9.17, 15) is 0 Å². The van der Waals surface area contributed by atoms with Gasteiger partial charge >= 0.3 is 0 Å². The third-order valence-electron chi connectivity index (χ3n) is 4.34. The van der Waals surface area contributed by atoms with Crippen LogP contribution in [-0.2, 0) is 12.8 Å². The van der Waals surface area contributed by atoms with Gasteiger partial charge < -0.3 is 0 Å². The van der Waals surface area contributed by atoms with E-state index >= 15 is 0 Å². The molecule has 0 saturated carbocycles. The molecule has 2 aromatic carbocycles. The van der Waals surface area contributed by atoms with Gasteiger partial charge in [0, 0.05) is 9.30 Å². The van der Waals surface area contributed by atoms with Crippen LogP contribution in [0.15, 0.2) is 40.9 Å². The van der Waals surface area contributed by atoms with Crippen LogP contribution < -0.4 is 0 Å². The summed E-state index contributed by atoms with van der Waals surface area (Å²) in [6.45, 7) is 4.37. The van der Waals surface area contributed by atoms with Gasteiger partial charge in [0.25, 0.3) is 0 Å². The number of hydrogen-bond donors (Lipinski definition) is 0. The first kappa shape index (κ1) is 14.3. The molecule has 0 radical (unpaired) electrons. The molecule has 1 aliphatic rings. The van der Waals surface area contributed by atoms with E-state index in [1.807, 2.05) is 0 Å². The van der Waals surface area contributed by atoms with Crippen molar-refractivity contribution in [3.63, 3.8) is 0 Å². The molecule has 0 nitrogen and oxygen atoms in total. The minimum absolute atomic E-state index is 0.432. The van der Waals surface area contributed by atoms with Crippen molar-refractivity contribution in [1.82, 2.24) is 0 Å². The molecule has 2 heteroatoms. The maximum absolute atomic E-state index is 3.97. The Kier molecular flexibility index (Phi) is 4.05. The Morgan fingerprint density at radius 1 is 1.00 bits per heavy atom. The first-order valence-corrected chi connectivity index (χ1v) is 8.74. The molecule has 1 atom stereocenters. The highest BCUT2D eigenvalue weighted by Crippen LogP contribution is 2.42. The van der Waals surface area contributed by atoms with Crippen molar-refractivity contribution in [3.8, 4) is 0 Å². The Hall–Kier alpha value is -0.600. The summed E-state index contributed by atoms with van der Waals surface area (Å²) in [4.78, 5) is 0.432. The summed E-state index contributed by atoms with van der Waals surface area (Å²) in [5.74, 6) is 0.659. The average Bonchev–Trinajstić information content (AvgIpc) is 2.86. The summed E-state index contributed by atoms with van der Waals surface area (Å²) in [5.41, 5.74) is 7.15. The smallest absolute Gasteiger partial charge is 0.0432 e. The zero-order chi connectivity index (χ0) is 14.3. The Morgan fingerprint density at radius 3 is 2.20 bits per heavy atom. The number of benzene rings is 2. The molecule has 0 saturated heterocycles. The van der Waals surface area contributed by atoms with Crippen LogP contribution in [-0.4, -0.2) is 0 Å². The second-order valence-corrected chi connectivity index (χ2v) is 7.64. The molecule has 3 rings (SSSR count). The molecular weight excluding hydrogens is 376 g/mol. The summed E-state index contributed by atoms with van der Waals surface area (Å²) in [6, 6.07) is 13.4. The molecule has 0 aromatic heterocycles. The molecule has 104 valence electrons. The number of halogens is 2. The van der Waals surface area contributed by atoms with Gasteiger partial charge in [-0.05, 0) is 66.5 Å². The van der Waals surface area contributed by atoms with Crippen LogP contribution >= 0.6 is 31.9 Å². The summed E-state index contributed by atoms with van der Waals surface area (Å²) in [6.07, 6.45) is 2.36. The van der Waals surface area contributed by atoms with Crippen molar-refractivity contribution in [1.29, 1.82) is 0 Å². The molecule has 0 fully saturated rings. The van der Waals surface area contributed by atoms with Gasteiger partial charge in [0.15, 0.2) is 0 Å². The fourth-order valence-electron chi connectivity index (χ4n) is 3.15. The monoisotopic (exact) mass is 392 g/mol. The summed E-state index contributed by atoms with van der Waals surface area (Å²) < 4.78 is 1.20. The highest BCUT2D eigenvalue weighted by Gasteiger charge is 2.28. The second-order valence-electron chi connectivity index (χ2n) is 5.80. The third-order valence-corrected chi connectivity index (χ3v) is 6.44. The van der Waals surface area contributed by atoms with E-state index in [0.29, 0.717) is 10.7 Å². The Morgan fingerprint density at radius 2 is 1.60 bits per heavy atom. The molecule has 0 bridgehead atoms. The Balaban J connectivity index is 1.88. The van der Waals surface area contributed by atoms with Gasteiger partial charge in [0.2, 0.25) is 0 Å². The van der Waals surface area contributed by atoms with Crippen LogP contribution in [0.1, 0.15) is 32.6 Å². The van der Waals surface area contributed by atoms with Crippen LogP contribution in [0.2, 0.25) is 0 Å². The molecule has 1 aliphatic carbocycles. The van der Waals surface area contributed by atoms with Crippen LogP contribution in [0.3, 0.4) is 0 Å². The van der Waals surface area contributed by atoms with E-state index in [0.717, 1.165) is 0 Å². The second kappa shape index (κ2) is 5.65. The summed E-state index contributed by atoms with van der Waals surface area (Å²) >= 11 is 7.59. The lowest BCUT2D eigenvalue weighted by Crippen LogP contribution is -2.09. The fraction of sp³-hybridized carbons (Fsp3) is 0.333. The topological polar surface area (TPSA) is 0 Å². The van der Waals surface area contributed by atoms with Crippen LogP contribution in [0.25, 0.3) is 0 Å². The highest BCUT2D eigenvalue weighted by molar-refractivity contribution is 9.10. The maximum Gasteiger partial charge on any atom is 0.0432 e. The van der Waals surface area contributed by atoms with Crippen molar-refractivity contribution in [2.45, 2.75) is 31.5 Å². The molecule has 1 unspecified atom stereocenters. The molecule has 20 heavy (non-hydrogen) atoms. The molecule has 0 aliphatic heterocycles. The third kappa shape index (κ3) is 2.60. The predicted octanol–water partition coefficient (Wildman–Crippen LogP) is 5.92. The Labute approximate surface area is 137 Å². The lowest BCUT2D eigenvalue weighted by molar-refractivity contribution is 0.553. The van der Waals surface area contributed by atoms with Gasteiger partial charge in [0.05, 0.1) is 0 Å². The lowest BCUT2D eigenvalue weighted by Gasteiger charge is -2.20. The van der Waals surface area contributed by atoms with Gasteiger partial charge in [0.1, 0.15) is 0 Å². The van der Waals surface area contributed by atoms with Gasteiger partial charge in [-0.1, -0.05) is 62.2 Å². The van der Waals surface area contributed by atoms with Gasteiger partial charge in [-0.2, -0.15) is 0 Å². The average molecular weight is 394 g/mol. The van der Waals surface area contributed by atoms with Crippen molar-refractivity contribution in [3.05, 3.63) is 68.7 Å². The first-order valence-electron chi connectivity index (χ1n) is 7.03. The largest absolute Gasteiger partial charge is 0.0835 e. The first-order chi connectivity index (χ1) is 9.56. The van der Waals surface area contributed by atoms with E-state index < -0.39 is 0 Å². The molecule has 0 amide bonds. The van der Waals surface area contributed by atoms with Crippen molar-refractivity contribution >= 4 is 31.9 Å². The molecule has 2 aromatic rings. The van der Waals surface area contributed by atoms with Crippen molar-refractivity contribution in [2.75, 3.05) is 0 Å². The van der Waals surface area contributed by atoms with E-state index in [-0.39, 0.29) is 0 Å². The lowest BCUT2D eigenvalue weighted by atomic mass is 9.92. The van der Waals surface area contributed by atoms with E-state index in [2.05, 4.69) is 82.1 Å². The zero-order valence-corrected chi connectivity index (χ0v) is 15.0. The van der Waals surface area contributed by atoms with E-state index in [1.165, 1.54) is 45.1 Å². The number of fused-ring (bicyclic) bond motifs is 1. The highest BCUT2D eigenvalue weighted by atomic mass is 79.9. The molecule has 0 spiro atoms. The molecule has 0 N–H and O–H groups in total. The van der Waals surface area contributed by atoms with E-state index in [4.69, 9.17) is 0 Å². The van der Waals surface area contributed by atoms with Crippen molar-refractivity contribution in [2.24, 2.45) is 5.92 Å². The van der Waals surface area contributed by atoms with Crippen molar-refractivity contribution < 1.29 is 0 Å². The normalized spacial score (nSPS) is 16.2. The molecular formula is C18H18Br2. The summed E-state index contributed by atoms with van der Waals surface area (Å²) in [7, 11) is 0. The SMILES string of the molecule is Cc1cc(C(Br)C2Cc3ccccc3C2)c(C)cc1Br. The Bertz CT molecular complexity index is 621. The maximum atomic E-state index is 3.97. The minimum atomic E-state index is 0.432. The predicted molar refractivity (Wildman–Crippen MR) is 92.6 cm³/mol. The number of alkyl halides is 1. The zero-order valence-electron chi connectivity index (χ0n) is 11.8. The fourth-order valence-corrected chi connectivity index (χ4v) is 4.48. The van der Waals surface area contributed by atoms with Crippen LogP contribution in [0.4, 0.5) is 0 Å². The van der Waals surface area contributed by atoms with Gasteiger partial charge in [-0.3, -0.25) is 0 Å². The standard InChI is InChI=1S/C18H18Br2/c1-11-8-17(19)12(2)7-16(11)18(20)15-9-13-5-3-4-6-14(13)10-15/h3-8,15,18H,9-10H2,1-2H3. The number of aryl methyl sites for hydroxylation is 2. The van der Waals surface area contributed by atoms with Gasteiger partial charge in [-0.15, -0.1) is 0 Å². The number of hydrogen-bond acceptors (Lipinski definition) is 0. The minimum Gasteiger partial charge on any atom is -0.0835 e.